The third-order valence-electron chi connectivity index (χ3n) is 12.8. The van der Waals surface area contributed by atoms with Crippen molar-refractivity contribution in [1.82, 2.24) is 0 Å². The van der Waals surface area contributed by atoms with Crippen molar-refractivity contribution in [2.75, 3.05) is 0 Å². The first-order valence-corrected chi connectivity index (χ1v) is 13.6. The molecular weight excluding hydrogens is 408 g/mol. The molecular formula is C30H46O3. The van der Waals surface area contributed by atoms with Crippen LogP contribution in [0.5, 0.6) is 0 Å². The van der Waals surface area contributed by atoms with Crippen molar-refractivity contribution in [2.24, 2.45) is 50.2 Å². The third kappa shape index (κ3) is 2.80. The fourth-order valence-corrected chi connectivity index (χ4v) is 10.4. The van der Waals surface area contributed by atoms with Crippen LogP contribution in [0.4, 0.5) is 0 Å². The molecule has 0 saturated heterocycles. The molecule has 5 aliphatic rings. The third-order valence-corrected chi connectivity index (χ3v) is 12.8. The van der Waals surface area contributed by atoms with Crippen LogP contribution in [0, 0.1) is 50.2 Å². The Kier molecular flexibility index (Phi) is 4.83. The molecule has 0 radical (unpaired) electrons. The molecule has 4 saturated carbocycles. The van der Waals surface area contributed by atoms with Crippen LogP contribution in [-0.2, 0) is 9.59 Å². The van der Waals surface area contributed by atoms with Crippen molar-refractivity contribution < 1.29 is 14.7 Å². The lowest BCUT2D eigenvalue weighted by Crippen LogP contribution is -2.64. The van der Waals surface area contributed by atoms with Crippen LogP contribution in [0.3, 0.4) is 0 Å². The molecule has 33 heavy (non-hydrogen) atoms. The Morgan fingerprint density at radius 2 is 1.58 bits per heavy atom. The maximum atomic E-state index is 12.9. The molecule has 1 N–H and O–H groups in total. The van der Waals surface area contributed by atoms with E-state index in [1.165, 1.54) is 12.0 Å². The first kappa shape index (κ1) is 23.6. The first-order chi connectivity index (χ1) is 15.1. The van der Waals surface area contributed by atoms with Gasteiger partial charge < -0.3 is 5.11 Å². The fourth-order valence-electron chi connectivity index (χ4n) is 10.4. The van der Waals surface area contributed by atoms with Gasteiger partial charge in [-0.3, -0.25) is 9.59 Å². The van der Waals surface area contributed by atoms with Gasteiger partial charge in [0.2, 0.25) is 0 Å². The fraction of sp³-hybridized carbons (Fsp3) is 0.867. The zero-order chi connectivity index (χ0) is 24.2. The van der Waals surface area contributed by atoms with E-state index in [9.17, 15) is 14.7 Å². The van der Waals surface area contributed by atoms with Gasteiger partial charge >= 0.3 is 5.97 Å². The Hall–Kier alpha value is -1.12. The summed E-state index contributed by atoms with van der Waals surface area (Å²) in [5.74, 6) is 1.10. The molecule has 0 aromatic rings. The minimum atomic E-state index is -0.565. The second-order valence-electron chi connectivity index (χ2n) is 14.8. The lowest BCUT2D eigenvalue weighted by molar-refractivity contribution is -0.189. The minimum absolute atomic E-state index is 0.0620. The van der Waals surface area contributed by atoms with E-state index in [0.717, 1.165) is 57.8 Å². The zero-order valence-corrected chi connectivity index (χ0v) is 22.1. The van der Waals surface area contributed by atoms with Crippen LogP contribution in [-0.4, -0.2) is 16.9 Å². The van der Waals surface area contributed by atoms with Gasteiger partial charge in [-0.1, -0.05) is 60.1 Å². The number of allylic oxidation sites excluding steroid dienone is 2. The van der Waals surface area contributed by atoms with Crippen molar-refractivity contribution in [3.05, 3.63) is 11.6 Å². The molecule has 0 aromatic heterocycles. The summed E-state index contributed by atoms with van der Waals surface area (Å²) in [6.45, 7) is 16.6. The van der Waals surface area contributed by atoms with E-state index in [0.29, 0.717) is 17.6 Å². The minimum Gasteiger partial charge on any atom is -0.481 e. The summed E-state index contributed by atoms with van der Waals surface area (Å²) in [5, 5.41) is 10.5. The average Bonchev–Trinajstić information content (AvgIpc) is 2.71. The number of carboxylic acid groups (broad SMARTS) is 1. The van der Waals surface area contributed by atoms with Crippen molar-refractivity contribution in [3.63, 3.8) is 0 Å². The largest absolute Gasteiger partial charge is 0.481 e. The van der Waals surface area contributed by atoms with E-state index in [-0.39, 0.29) is 33.0 Å². The smallest absolute Gasteiger partial charge is 0.310 e. The van der Waals surface area contributed by atoms with Crippen LogP contribution in [0.25, 0.3) is 0 Å². The monoisotopic (exact) mass is 454 g/mol. The number of Topliss-reactive ketones (excluding diaryl/α,β-unsaturated/α-hetero) is 1. The predicted molar refractivity (Wildman–Crippen MR) is 132 cm³/mol. The number of aliphatic carboxylic acids is 1. The summed E-state index contributed by atoms with van der Waals surface area (Å²) >= 11 is 0. The molecule has 0 aliphatic heterocycles. The van der Waals surface area contributed by atoms with Gasteiger partial charge in [-0.2, -0.15) is 0 Å². The van der Waals surface area contributed by atoms with E-state index in [1.54, 1.807) is 0 Å². The molecule has 7 atom stereocenters. The van der Waals surface area contributed by atoms with Gasteiger partial charge in [0, 0.05) is 11.8 Å². The number of carbonyl (C=O) groups is 2. The van der Waals surface area contributed by atoms with E-state index >= 15 is 0 Å². The standard InChI is InChI=1S/C30H46O3/c1-25(2)14-16-30(24(32)33)17-15-28(6)19(20(30)18-25)8-9-22-27(5)12-11-23(31)26(3,4)21(27)10-13-29(22,28)7/h8,20-22H,9-18H2,1-7H3,(H,32,33)/t20-,21+,22-,27+,28+,29-,30+/m1/s1. The summed E-state index contributed by atoms with van der Waals surface area (Å²) in [6, 6.07) is 0. The topological polar surface area (TPSA) is 54.4 Å². The van der Waals surface area contributed by atoms with Crippen LogP contribution in [0.1, 0.15) is 113 Å². The maximum absolute atomic E-state index is 12.9. The maximum Gasteiger partial charge on any atom is 0.310 e. The van der Waals surface area contributed by atoms with Crippen LogP contribution in [0.15, 0.2) is 11.6 Å². The Balaban J connectivity index is 1.60. The molecule has 0 heterocycles. The first-order valence-electron chi connectivity index (χ1n) is 13.6. The highest BCUT2D eigenvalue weighted by Gasteiger charge is 2.69. The number of fused-ring (bicyclic) bond motifs is 7. The zero-order valence-electron chi connectivity index (χ0n) is 22.1. The van der Waals surface area contributed by atoms with Crippen LogP contribution >= 0.6 is 0 Å². The molecule has 4 fully saturated rings. The Bertz CT molecular complexity index is 927. The summed E-state index contributed by atoms with van der Waals surface area (Å²) in [4.78, 5) is 25.6. The Labute approximate surface area is 201 Å². The average molecular weight is 455 g/mol. The van der Waals surface area contributed by atoms with E-state index in [2.05, 4.69) is 54.5 Å². The van der Waals surface area contributed by atoms with Gasteiger partial charge in [-0.05, 0) is 97.2 Å². The molecule has 3 nitrogen and oxygen atoms in total. The molecule has 3 heteroatoms. The summed E-state index contributed by atoms with van der Waals surface area (Å²) in [7, 11) is 0. The number of ketones is 1. The summed E-state index contributed by atoms with van der Waals surface area (Å²) in [6.07, 6.45) is 12.3. The van der Waals surface area contributed by atoms with Gasteiger partial charge in [0.05, 0.1) is 5.41 Å². The number of hydrogen-bond donors (Lipinski definition) is 1. The quantitative estimate of drug-likeness (QED) is 0.419. The Morgan fingerprint density at radius 3 is 2.24 bits per heavy atom. The lowest BCUT2D eigenvalue weighted by Gasteiger charge is -2.70. The molecule has 5 rings (SSSR count). The number of carboxylic acids is 1. The molecule has 184 valence electrons. The second-order valence-corrected chi connectivity index (χ2v) is 14.8. The molecule has 0 amide bonds. The molecule has 0 spiro atoms. The van der Waals surface area contributed by atoms with E-state index < -0.39 is 11.4 Å². The van der Waals surface area contributed by atoms with Gasteiger partial charge in [-0.25, -0.2) is 0 Å². The SMILES string of the molecule is CC1(C)CC[C@]2(C(=O)O)CC[C@@]3(C)C(=CC[C@@H]4[C@@]5(C)CCC(=O)C(C)(C)[C@@H]5CC[C@]43C)[C@H]2C1. The highest BCUT2D eigenvalue weighted by molar-refractivity contribution is 5.85. The molecule has 0 bridgehead atoms. The molecule has 0 aromatic carbocycles. The Morgan fingerprint density at radius 1 is 0.909 bits per heavy atom. The predicted octanol–water partition coefficient (Wildman–Crippen LogP) is 7.44. The number of carbonyl (C=O) groups excluding carboxylic acids is 1. The van der Waals surface area contributed by atoms with Gasteiger partial charge in [-0.15, -0.1) is 0 Å². The summed E-state index contributed by atoms with van der Waals surface area (Å²) < 4.78 is 0. The van der Waals surface area contributed by atoms with Crippen molar-refractivity contribution >= 4 is 11.8 Å². The van der Waals surface area contributed by atoms with E-state index in [1.807, 2.05) is 0 Å². The second kappa shape index (κ2) is 6.76. The van der Waals surface area contributed by atoms with Gasteiger partial charge in [0.1, 0.15) is 5.78 Å². The number of hydrogen-bond acceptors (Lipinski definition) is 2. The van der Waals surface area contributed by atoms with Crippen LogP contribution in [0.2, 0.25) is 0 Å². The van der Waals surface area contributed by atoms with Gasteiger partial charge in [0.25, 0.3) is 0 Å². The van der Waals surface area contributed by atoms with Crippen molar-refractivity contribution in [1.29, 1.82) is 0 Å². The van der Waals surface area contributed by atoms with Crippen LogP contribution < -0.4 is 0 Å². The van der Waals surface area contributed by atoms with E-state index in [4.69, 9.17) is 0 Å². The highest BCUT2D eigenvalue weighted by Crippen LogP contribution is 2.75. The lowest BCUT2D eigenvalue weighted by atomic mass is 9.33. The molecule has 5 aliphatic carbocycles. The van der Waals surface area contributed by atoms with Crippen molar-refractivity contribution in [2.45, 2.75) is 113 Å². The summed E-state index contributed by atoms with van der Waals surface area (Å²) in [5.41, 5.74) is 1.33. The van der Waals surface area contributed by atoms with Crippen molar-refractivity contribution in [3.8, 4) is 0 Å². The highest BCUT2D eigenvalue weighted by atomic mass is 16.4. The molecule has 0 unspecified atom stereocenters. The van der Waals surface area contributed by atoms with Gasteiger partial charge in [0.15, 0.2) is 0 Å². The normalized spacial score (nSPS) is 50.2. The number of rotatable bonds is 1.